The number of aromatic nitrogens is 2. The monoisotopic (exact) mass is 315 g/mol. The lowest BCUT2D eigenvalue weighted by Crippen LogP contribution is -2.24. The number of alkyl halides is 1. The van der Waals surface area contributed by atoms with Crippen molar-refractivity contribution in [1.29, 1.82) is 0 Å². The highest BCUT2D eigenvalue weighted by Gasteiger charge is 2.21. The van der Waals surface area contributed by atoms with E-state index in [1.165, 1.54) is 0 Å². The zero-order valence-electron chi connectivity index (χ0n) is 8.34. The lowest BCUT2D eigenvalue weighted by Gasteiger charge is -2.12. The first-order valence-corrected chi connectivity index (χ1v) is 6.76. The van der Waals surface area contributed by atoms with E-state index in [4.69, 9.17) is 5.14 Å². The molecule has 2 atom stereocenters. The number of primary sulfonamides is 1. The van der Waals surface area contributed by atoms with Crippen LogP contribution in [0.2, 0.25) is 0 Å². The number of aliphatic hydroxyl groups is 1. The summed E-state index contributed by atoms with van der Waals surface area (Å²) in [5.74, 6) is -1.03. The first-order chi connectivity index (χ1) is 7.21. The van der Waals surface area contributed by atoms with Gasteiger partial charge in [0, 0.05) is 4.83 Å². The molecule has 0 aliphatic heterocycles. The van der Waals surface area contributed by atoms with Crippen molar-refractivity contribution in [2.75, 3.05) is 0 Å². The van der Waals surface area contributed by atoms with Gasteiger partial charge >= 0.3 is 0 Å². The van der Waals surface area contributed by atoms with Gasteiger partial charge in [-0.3, -0.25) is 4.68 Å². The Hall–Kier alpha value is -0.510. The van der Waals surface area contributed by atoms with Crippen LogP contribution in [0.15, 0.2) is 11.2 Å². The molecule has 3 N–H and O–H groups in total. The van der Waals surface area contributed by atoms with E-state index in [2.05, 4.69) is 21.0 Å². The first-order valence-electron chi connectivity index (χ1n) is 4.29. The van der Waals surface area contributed by atoms with Gasteiger partial charge in [-0.25, -0.2) is 17.9 Å². The predicted molar refractivity (Wildman–Crippen MR) is 58.0 cm³/mol. The second-order valence-electron chi connectivity index (χ2n) is 3.29. The minimum Gasteiger partial charge on any atom is -0.390 e. The average Bonchev–Trinajstić information content (AvgIpc) is 2.45. The Kier molecular flexibility index (Phi) is 4.05. The minimum absolute atomic E-state index is 0.0289. The smallest absolute Gasteiger partial charge is 0.260 e. The summed E-state index contributed by atoms with van der Waals surface area (Å²) in [7, 11) is -4.17. The second kappa shape index (κ2) is 4.78. The first kappa shape index (κ1) is 13.6. The van der Waals surface area contributed by atoms with Crippen molar-refractivity contribution in [3.05, 3.63) is 12.0 Å². The van der Waals surface area contributed by atoms with Gasteiger partial charge in [0.2, 0.25) is 5.03 Å². The molecular weight excluding hydrogens is 305 g/mol. The third-order valence-electron chi connectivity index (χ3n) is 1.86. The topological polar surface area (TPSA) is 98.2 Å². The Morgan fingerprint density at radius 1 is 1.75 bits per heavy atom. The molecule has 0 saturated heterocycles. The molecule has 0 amide bonds. The van der Waals surface area contributed by atoms with Crippen LogP contribution >= 0.6 is 15.9 Å². The summed E-state index contributed by atoms with van der Waals surface area (Å²) in [6.07, 6.45) is 0.0610. The number of halogens is 2. The van der Waals surface area contributed by atoms with Crippen molar-refractivity contribution >= 4 is 26.0 Å². The SMILES string of the molecule is CC(Br)[C@@H](O)Cn1cc(F)c(S(N)(=O)=O)n1. The lowest BCUT2D eigenvalue weighted by molar-refractivity contribution is 0.151. The lowest BCUT2D eigenvalue weighted by atomic mass is 10.3. The molecule has 16 heavy (non-hydrogen) atoms. The number of nitrogens with zero attached hydrogens (tertiary/aromatic N) is 2. The van der Waals surface area contributed by atoms with Gasteiger partial charge in [-0.1, -0.05) is 22.9 Å². The van der Waals surface area contributed by atoms with E-state index in [0.29, 0.717) is 0 Å². The van der Waals surface area contributed by atoms with Crippen molar-refractivity contribution in [1.82, 2.24) is 9.78 Å². The molecule has 0 aliphatic carbocycles. The highest BCUT2D eigenvalue weighted by atomic mass is 79.9. The maximum Gasteiger partial charge on any atom is 0.260 e. The number of aliphatic hydroxyl groups excluding tert-OH is 1. The summed E-state index contributed by atoms with van der Waals surface area (Å²) in [6.45, 7) is 1.67. The summed E-state index contributed by atoms with van der Waals surface area (Å²) >= 11 is 3.13. The van der Waals surface area contributed by atoms with Crippen LogP contribution in [0.25, 0.3) is 0 Å². The number of rotatable bonds is 4. The van der Waals surface area contributed by atoms with Gasteiger partial charge in [-0.05, 0) is 0 Å². The van der Waals surface area contributed by atoms with E-state index < -0.39 is 27.0 Å². The van der Waals surface area contributed by atoms with Gasteiger partial charge in [-0.15, -0.1) is 0 Å². The third-order valence-corrected chi connectivity index (χ3v) is 3.29. The summed E-state index contributed by atoms with van der Waals surface area (Å²) in [6, 6.07) is 0. The zero-order chi connectivity index (χ0) is 12.5. The molecular formula is C7H11BrFN3O3S. The second-order valence-corrected chi connectivity index (χ2v) is 6.22. The Morgan fingerprint density at radius 3 is 2.69 bits per heavy atom. The van der Waals surface area contributed by atoms with Crippen LogP contribution in [-0.2, 0) is 16.6 Å². The van der Waals surface area contributed by atoms with Crippen molar-refractivity contribution in [3.63, 3.8) is 0 Å². The van der Waals surface area contributed by atoms with Crippen LogP contribution in [0.5, 0.6) is 0 Å². The van der Waals surface area contributed by atoms with Crippen LogP contribution in [0, 0.1) is 5.82 Å². The fourth-order valence-corrected chi connectivity index (χ4v) is 1.71. The van der Waals surface area contributed by atoms with Crippen LogP contribution in [-0.4, -0.2) is 34.2 Å². The molecule has 0 spiro atoms. The average molecular weight is 316 g/mol. The molecule has 0 bridgehead atoms. The molecule has 9 heteroatoms. The maximum absolute atomic E-state index is 13.1. The molecule has 1 heterocycles. The normalized spacial score (nSPS) is 16.1. The number of nitrogens with two attached hydrogens (primary N) is 1. The Labute approximate surface area is 100 Å². The van der Waals surface area contributed by atoms with Crippen LogP contribution in [0.1, 0.15) is 6.92 Å². The predicted octanol–water partition coefficient (Wildman–Crippen LogP) is -0.186. The van der Waals surface area contributed by atoms with Crippen LogP contribution < -0.4 is 5.14 Å². The molecule has 1 unspecified atom stereocenters. The molecule has 0 radical (unpaired) electrons. The summed E-state index contributed by atoms with van der Waals surface area (Å²) in [5, 5.41) is 16.9. The van der Waals surface area contributed by atoms with E-state index in [9.17, 15) is 17.9 Å². The molecule has 1 rings (SSSR count). The van der Waals surface area contributed by atoms with E-state index >= 15 is 0 Å². The van der Waals surface area contributed by atoms with Gasteiger partial charge in [0.15, 0.2) is 5.82 Å². The Bertz CT molecular complexity index is 473. The van der Waals surface area contributed by atoms with Gasteiger partial charge < -0.3 is 5.11 Å². The molecule has 6 nitrogen and oxygen atoms in total. The van der Waals surface area contributed by atoms with E-state index in [-0.39, 0.29) is 11.4 Å². The number of hydrogen-bond donors (Lipinski definition) is 2. The van der Waals surface area contributed by atoms with Gasteiger partial charge in [0.1, 0.15) is 0 Å². The largest absolute Gasteiger partial charge is 0.390 e. The molecule has 0 aliphatic rings. The Balaban J connectivity index is 2.94. The van der Waals surface area contributed by atoms with E-state index in [1.807, 2.05) is 0 Å². The van der Waals surface area contributed by atoms with Crippen molar-refractivity contribution in [2.24, 2.45) is 5.14 Å². The molecule has 0 fully saturated rings. The maximum atomic E-state index is 13.1. The van der Waals surface area contributed by atoms with Gasteiger partial charge in [0.05, 0.1) is 18.8 Å². The fraction of sp³-hybridized carbons (Fsp3) is 0.571. The van der Waals surface area contributed by atoms with Gasteiger partial charge in [0.25, 0.3) is 10.0 Å². The minimum atomic E-state index is -4.17. The van der Waals surface area contributed by atoms with Crippen molar-refractivity contribution < 1.29 is 17.9 Å². The molecule has 1 aromatic heterocycles. The van der Waals surface area contributed by atoms with Gasteiger partial charge in [-0.2, -0.15) is 5.10 Å². The molecule has 1 aromatic rings. The summed E-state index contributed by atoms with van der Waals surface area (Å²) in [4.78, 5) is -0.224. The fourth-order valence-electron chi connectivity index (χ4n) is 1.00. The number of hydrogen-bond acceptors (Lipinski definition) is 4. The summed E-state index contributed by atoms with van der Waals surface area (Å²) < 4.78 is 35.9. The van der Waals surface area contributed by atoms with Crippen molar-refractivity contribution in [3.8, 4) is 0 Å². The highest BCUT2D eigenvalue weighted by molar-refractivity contribution is 9.09. The Morgan fingerprint density at radius 2 is 2.31 bits per heavy atom. The third kappa shape index (κ3) is 3.24. The molecule has 92 valence electrons. The van der Waals surface area contributed by atoms with Crippen LogP contribution in [0.4, 0.5) is 4.39 Å². The summed E-state index contributed by atoms with van der Waals surface area (Å²) in [5.41, 5.74) is 0. The van der Waals surface area contributed by atoms with E-state index in [0.717, 1.165) is 10.9 Å². The van der Waals surface area contributed by atoms with E-state index in [1.54, 1.807) is 6.92 Å². The highest BCUT2D eigenvalue weighted by Crippen LogP contribution is 2.12. The molecule has 0 aromatic carbocycles. The van der Waals surface area contributed by atoms with Crippen molar-refractivity contribution in [2.45, 2.75) is 29.4 Å². The quantitative estimate of drug-likeness (QED) is 0.753. The standard InChI is InChI=1S/C7H11BrFN3O3S/c1-4(8)6(13)3-12-2-5(9)7(11-12)16(10,14)15/h2,4,6,13H,3H2,1H3,(H2,10,14,15)/t4?,6-/m0/s1. The number of sulfonamides is 1. The van der Waals surface area contributed by atoms with Crippen LogP contribution in [0.3, 0.4) is 0 Å². The molecule has 0 saturated carbocycles. The zero-order valence-corrected chi connectivity index (χ0v) is 10.7.